The second-order valence-corrected chi connectivity index (χ2v) is 5.48. The molecule has 0 radical (unpaired) electrons. The number of rotatable bonds is 3. The molecule has 5 heteroatoms. The van der Waals surface area contributed by atoms with Crippen LogP contribution in [-0.4, -0.2) is 31.8 Å². The molecule has 1 saturated heterocycles. The first kappa shape index (κ1) is 14.1. The van der Waals surface area contributed by atoms with Crippen LogP contribution in [0.2, 0.25) is 10.0 Å². The van der Waals surface area contributed by atoms with Crippen LogP contribution in [0, 0.1) is 0 Å². The minimum absolute atomic E-state index is 0.291. The lowest BCUT2D eigenvalue weighted by Crippen LogP contribution is -2.43. The average Bonchev–Trinajstić information content (AvgIpc) is 2.60. The molecule has 1 aliphatic rings. The number of halogens is 2. The molecule has 3 N–H and O–H groups in total. The maximum Gasteiger partial charge on any atom is 0.0856 e. The van der Waals surface area contributed by atoms with Crippen LogP contribution in [-0.2, 0) is 11.2 Å². The zero-order valence-corrected chi connectivity index (χ0v) is 11.7. The Hall–Kier alpha value is -0.320. The van der Waals surface area contributed by atoms with Crippen LogP contribution in [0.5, 0.6) is 0 Å². The Bertz CT molecular complexity index is 404. The maximum atomic E-state index is 6.04. The van der Waals surface area contributed by atoms with Gasteiger partial charge >= 0.3 is 0 Å². The topological polar surface area (TPSA) is 47.3 Å². The monoisotopic (exact) mass is 288 g/mol. The van der Waals surface area contributed by atoms with Crippen molar-refractivity contribution in [1.82, 2.24) is 5.32 Å². The van der Waals surface area contributed by atoms with Crippen LogP contribution in [0.4, 0.5) is 0 Å². The van der Waals surface area contributed by atoms with Gasteiger partial charge in [-0.1, -0.05) is 29.3 Å². The van der Waals surface area contributed by atoms with Gasteiger partial charge in [-0.2, -0.15) is 0 Å². The molecule has 1 unspecified atom stereocenters. The van der Waals surface area contributed by atoms with Crippen LogP contribution < -0.4 is 11.1 Å². The number of nitrogens with one attached hydrogen (secondary N) is 1. The molecule has 1 heterocycles. The Labute approximate surface area is 118 Å². The van der Waals surface area contributed by atoms with E-state index in [1.807, 2.05) is 18.2 Å². The maximum absolute atomic E-state index is 6.04. The Morgan fingerprint density at radius 1 is 1.28 bits per heavy atom. The second-order valence-electron chi connectivity index (χ2n) is 4.66. The van der Waals surface area contributed by atoms with Gasteiger partial charge in [0.05, 0.1) is 22.3 Å². The number of ether oxygens (including phenoxy) is 1. The highest BCUT2D eigenvalue weighted by Crippen LogP contribution is 2.27. The van der Waals surface area contributed by atoms with E-state index in [0.717, 1.165) is 31.5 Å². The molecule has 1 aliphatic heterocycles. The first-order valence-corrected chi connectivity index (χ1v) is 6.89. The molecule has 0 aromatic heterocycles. The first-order chi connectivity index (χ1) is 8.65. The molecule has 0 spiro atoms. The van der Waals surface area contributed by atoms with E-state index in [4.69, 9.17) is 33.7 Å². The Balaban J connectivity index is 2.15. The highest BCUT2D eigenvalue weighted by Gasteiger charge is 2.31. The molecule has 100 valence electrons. The molecular formula is C13H18Cl2N2O. The van der Waals surface area contributed by atoms with Crippen LogP contribution in [0.25, 0.3) is 0 Å². The number of benzene rings is 1. The minimum Gasteiger partial charge on any atom is -0.372 e. The van der Waals surface area contributed by atoms with Crippen molar-refractivity contribution in [2.24, 2.45) is 5.73 Å². The standard InChI is InChI=1S/C13H18Cl2N2O/c14-11-2-1-10(7-12(11)15)8-13(9-16)3-4-17-5-6-18-13/h1-2,7,17H,3-6,8-9,16H2. The lowest BCUT2D eigenvalue weighted by Gasteiger charge is -2.31. The second kappa shape index (κ2) is 6.22. The molecule has 3 nitrogen and oxygen atoms in total. The molecule has 1 aromatic rings. The summed E-state index contributed by atoms with van der Waals surface area (Å²) in [6, 6.07) is 5.69. The van der Waals surface area contributed by atoms with Gasteiger partial charge < -0.3 is 15.8 Å². The van der Waals surface area contributed by atoms with E-state index in [9.17, 15) is 0 Å². The molecule has 0 saturated carbocycles. The van der Waals surface area contributed by atoms with Crippen LogP contribution >= 0.6 is 23.2 Å². The fraction of sp³-hybridized carbons (Fsp3) is 0.538. The van der Waals surface area contributed by atoms with Crippen LogP contribution in [0.15, 0.2) is 18.2 Å². The van der Waals surface area contributed by atoms with E-state index in [1.165, 1.54) is 0 Å². The van der Waals surface area contributed by atoms with Crippen molar-refractivity contribution in [3.63, 3.8) is 0 Å². The molecule has 2 rings (SSSR count). The SMILES string of the molecule is NCC1(Cc2ccc(Cl)c(Cl)c2)CCNCCO1. The summed E-state index contributed by atoms with van der Waals surface area (Å²) in [4.78, 5) is 0. The summed E-state index contributed by atoms with van der Waals surface area (Å²) in [6.07, 6.45) is 1.67. The molecule has 1 fully saturated rings. The molecule has 0 bridgehead atoms. The van der Waals surface area contributed by atoms with Gasteiger partial charge in [-0.25, -0.2) is 0 Å². The lowest BCUT2D eigenvalue weighted by molar-refractivity contribution is -0.0302. The van der Waals surface area contributed by atoms with E-state index >= 15 is 0 Å². The van der Waals surface area contributed by atoms with E-state index < -0.39 is 0 Å². The summed E-state index contributed by atoms with van der Waals surface area (Å²) < 4.78 is 5.95. The van der Waals surface area contributed by atoms with Gasteiger partial charge in [0.2, 0.25) is 0 Å². The largest absolute Gasteiger partial charge is 0.372 e. The fourth-order valence-electron chi connectivity index (χ4n) is 2.25. The summed E-state index contributed by atoms with van der Waals surface area (Å²) >= 11 is 12.0. The molecule has 1 aromatic carbocycles. The van der Waals surface area contributed by atoms with Crippen molar-refractivity contribution >= 4 is 23.2 Å². The van der Waals surface area contributed by atoms with Crippen molar-refractivity contribution < 1.29 is 4.74 Å². The van der Waals surface area contributed by atoms with Crippen molar-refractivity contribution in [3.05, 3.63) is 33.8 Å². The summed E-state index contributed by atoms with van der Waals surface area (Å²) in [5.41, 5.74) is 6.73. The highest BCUT2D eigenvalue weighted by molar-refractivity contribution is 6.42. The Morgan fingerprint density at radius 3 is 2.83 bits per heavy atom. The number of hydrogen-bond acceptors (Lipinski definition) is 3. The Kier molecular flexibility index (Phi) is 4.87. The molecular weight excluding hydrogens is 271 g/mol. The van der Waals surface area contributed by atoms with Crippen molar-refractivity contribution in [2.75, 3.05) is 26.2 Å². The van der Waals surface area contributed by atoms with Gasteiger partial charge in [0.1, 0.15) is 0 Å². The Morgan fingerprint density at radius 2 is 2.11 bits per heavy atom. The minimum atomic E-state index is -0.291. The van der Waals surface area contributed by atoms with Crippen molar-refractivity contribution in [3.8, 4) is 0 Å². The van der Waals surface area contributed by atoms with Gasteiger partial charge in [-0.15, -0.1) is 0 Å². The zero-order chi connectivity index (χ0) is 13.0. The van der Waals surface area contributed by atoms with Gasteiger partial charge in [0, 0.05) is 19.5 Å². The third-order valence-electron chi connectivity index (χ3n) is 3.33. The molecule has 0 amide bonds. The van der Waals surface area contributed by atoms with Crippen LogP contribution in [0.3, 0.4) is 0 Å². The summed E-state index contributed by atoms with van der Waals surface area (Å²) in [5.74, 6) is 0. The zero-order valence-electron chi connectivity index (χ0n) is 10.2. The van der Waals surface area contributed by atoms with Crippen LogP contribution in [0.1, 0.15) is 12.0 Å². The van der Waals surface area contributed by atoms with E-state index in [0.29, 0.717) is 23.2 Å². The lowest BCUT2D eigenvalue weighted by atomic mass is 9.91. The number of hydrogen-bond donors (Lipinski definition) is 2. The van der Waals surface area contributed by atoms with Gasteiger partial charge in [0.15, 0.2) is 0 Å². The summed E-state index contributed by atoms with van der Waals surface area (Å²) in [5, 5.41) is 4.47. The first-order valence-electron chi connectivity index (χ1n) is 6.14. The number of nitrogens with two attached hydrogens (primary N) is 1. The van der Waals surface area contributed by atoms with Gasteiger partial charge in [-0.05, 0) is 30.7 Å². The normalized spacial score (nSPS) is 24.8. The quantitative estimate of drug-likeness (QED) is 0.897. The molecule has 18 heavy (non-hydrogen) atoms. The fourth-order valence-corrected chi connectivity index (χ4v) is 2.57. The predicted molar refractivity (Wildman–Crippen MR) is 75.4 cm³/mol. The van der Waals surface area contributed by atoms with Gasteiger partial charge in [-0.3, -0.25) is 0 Å². The molecule has 0 aliphatic carbocycles. The van der Waals surface area contributed by atoms with E-state index in [1.54, 1.807) is 0 Å². The van der Waals surface area contributed by atoms with Crippen molar-refractivity contribution in [1.29, 1.82) is 0 Å². The van der Waals surface area contributed by atoms with E-state index in [2.05, 4.69) is 5.32 Å². The smallest absolute Gasteiger partial charge is 0.0856 e. The summed E-state index contributed by atoms with van der Waals surface area (Å²) in [6.45, 7) is 3.01. The summed E-state index contributed by atoms with van der Waals surface area (Å²) in [7, 11) is 0. The predicted octanol–water partition coefficient (Wildman–Crippen LogP) is 2.24. The van der Waals surface area contributed by atoms with E-state index in [-0.39, 0.29) is 5.60 Å². The molecule has 1 atom stereocenters. The van der Waals surface area contributed by atoms with Gasteiger partial charge in [0.25, 0.3) is 0 Å². The highest BCUT2D eigenvalue weighted by atomic mass is 35.5. The third kappa shape index (κ3) is 3.37. The third-order valence-corrected chi connectivity index (χ3v) is 4.07. The average molecular weight is 289 g/mol. The van der Waals surface area contributed by atoms with Crippen molar-refractivity contribution in [2.45, 2.75) is 18.4 Å².